The first-order chi connectivity index (χ1) is 5.86. The Hall–Kier alpha value is -0.900. The average Bonchev–Trinajstić information content (AvgIpc) is 2.09. The lowest BCUT2D eigenvalue weighted by atomic mass is 10.1. The van der Waals surface area contributed by atoms with Gasteiger partial charge in [0.05, 0.1) is 13.2 Å². The topological polar surface area (TPSA) is 44.5 Å². The fourth-order valence-electron chi connectivity index (χ4n) is 0.995. The zero-order chi connectivity index (χ0) is 8.81. The average molecular weight is 167 g/mol. The predicted molar refractivity (Wildman–Crippen MR) is 46.1 cm³/mol. The highest BCUT2D eigenvalue weighted by Crippen LogP contribution is 2.05. The summed E-state index contributed by atoms with van der Waals surface area (Å²) in [6, 6.07) is 7.94. The van der Waals surface area contributed by atoms with E-state index < -0.39 is 0 Å². The molecule has 0 spiro atoms. The Balaban J connectivity index is 2.58. The van der Waals surface area contributed by atoms with Gasteiger partial charge < -0.3 is 4.74 Å². The number of methoxy groups -OCH3 is 1. The van der Waals surface area contributed by atoms with Crippen LogP contribution in [0.2, 0.25) is 0 Å². The zero-order valence-corrected chi connectivity index (χ0v) is 7.12. The maximum atomic E-state index is 4.97. The Morgan fingerprint density at radius 3 is 2.00 bits per heavy atom. The maximum absolute atomic E-state index is 4.97. The fraction of sp³-hybridized carbons (Fsp3) is 0.333. The Bertz CT molecular complexity index is 195. The molecule has 1 aromatic carbocycles. The molecule has 0 aromatic heterocycles. The molecular formula is C9H13NO2. The van der Waals surface area contributed by atoms with Gasteiger partial charge in [-0.25, -0.2) is 5.90 Å². The molecule has 12 heavy (non-hydrogen) atoms. The molecule has 0 unspecified atom stereocenters. The normalized spacial score (nSPS) is 10.2. The summed E-state index contributed by atoms with van der Waals surface area (Å²) in [7, 11) is 1.68. The SMILES string of the molecule is COCc1ccc(CON)cc1. The minimum Gasteiger partial charge on any atom is -0.380 e. The number of benzene rings is 1. The molecule has 0 saturated carbocycles. The summed E-state index contributed by atoms with van der Waals surface area (Å²) in [5.41, 5.74) is 2.22. The van der Waals surface area contributed by atoms with Gasteiger partial charge in [0.2, 0.25) is 0 Å². The van der Waals surface area contributed by atoms with Crippen molar-refractivity contribution in [2.45, 2.75) is 13.2 Å². The first-order valence-electron chi connectivity index (χ1n) is 3.75. The third-order valence-corrected chi connectivity index (χ3v) is 1.58. The van der Waals surface area contributed by atoms with Crippen LogP contribution in [0.3, 0.4) is 0 Å². The third-order valence-electron chi connectivity index (χ3n) is 1.58. The summed E-state index contributed by atoms with van der Waals surface area (Å²) in [4.78, 5) is 4.50. The molecule has 2 N–H and O–H groups in total. The van der Waals surface area contributed by atoms with Gasteiger partial charge in [-0.2, -0.15) is 0 Å². The van der Waals surface area contributed by atoms with Crippen LogP contribution >= 0.6 is 0 Å². The van der Waals surface area contributed by atoms with E-state index in [1.807, 2.05) is 24.3 Å². The van der Waals surface area contributed by atoms with Gasteiger partial charge in [-0.05, 0) is 11.1 Å². The Morgan fingerprint density at radius 2 is 1.58 bits per heavy atom. The van der Waals surface area contributed by atoms with Gasteiger partial charge in [-0.1, -0.05) is 24.3 Å². The van der Waals surface area contributed by atoms with Crippen LogP contribution in [0.1, 0.15) is 11.1 Å². The van der Waals surface area contributed by atoms with Gasteiger partial charge in [0.1, 0.15) is 0 Å². The van der Waals surface area contributed by atoms with Gasteiger partial charge in [0.15, 0.2) is 0 Å². The van der Waals surface area contributed by atoms with E-state index in [0.29, 0.717) is 13.2 Å². The van der Waals surface area contributed by atoms with Crippen LogP contribution in [0.25, 0.3) is 0 Å². The molecule has 0 atom stereocenters. The second-order valence-corrected chi connectivity index (χ2v) is 2.56. The van der Waals surface area contributed by atoms with Crippen molar-refractivity contribution in [1.29, 1.82) is 0 Å². The van der Waals surface area contributed by atoms with Crippen molar-refractivity contribution < 1.29 is 9.57 Å². The molecule has 3 nitrogen and oxygen atoms in total. The molecule has 1 aromatic rings. The minimum atomic E-state index is 0.452. The molecule has 0 aliphatic carbocycles. The molecular weight excluding hydrogens is 154 g/mol. The van der Waals surface area contributed by atoms with E-state index in [-0.39, 0.29) is 0 Å². The molecule has 0 bridgehead atoms. The van der Waals surface area contributed by atoms with E-state index in [0.717, 1.165) is 11.1 Å². The van der Waals surface area contributed by atoms with Gasteiger partial charge >= 0.3 is 0 Å². The second kappa shape index (κ2) is 4.87. The van der Waals surface area contributed by atoms with Crippen molar-refractivity contribution in [2.75, 3.05) is 7.11 Å². The van der Waals surface area contributed by atoms with Crippen LogP contribution in [-0.2, 0) is 22.8 Å². The standard InChI is InChI=1S/C9H13NO2/c1-11-6-8-2-4-9(5-3-8)7-12-10/h2-5H,6-7,10H2,1H3. The summed E-state index contributed by atoms with van der Waals surface area (Å²) < 4.78 is 4.97. The Labute approximate surface area is 72.0 Å². The smallest absolute Gasteiger partial charge is 0.0930 e. The summed E-state index contributed by atoms with van der Waals surface area (Å²) in [6.07, 6.45) is 0. The van der Waals surface area contributed by atoms with Crippen LogP contribution in [-0.4, -0.2) is 7.11 Å². The van der Waals surface area contributed by atoms with Crippen LogP contribution in [0.4, 0.5) is 0 Å². The number of rotatable bonds is 4. The van der Waals surface area contributed by atoms with E-state index in [4.69, 9.17) is 10.6 Å². The largest absolute Gasteiger partial charge is 0.380 e. The zero-order valence-electron chi connectivity index (χ0n) is 7.12. The molecule has 0 heterocycles. The van der Waals surface area contributed by atoms with E-state index in [9.17, 15) is 0 Å². The lowest BCUT2D eigenvalue weighted by Gasteiger charge is -2.01. The lowest BCUT2D eigenvalue weighted by Crippen LogP contribution is -1.98. The van der Waals surface area contributed by atoms with Crippen LogP contribution in [0.15, 0.2) is 24.3 Å². The van der Waals surface area contributed by atoms with E-state index >= 15 is 0 Å². The second-order valence-electron chi connectivity index (χ2n) is 2.56. The Morgan fingerprint density at radius 1 is 1.08 bits per heavy atom. The van der Waals surface area contributed by atoms with E-state index in [1.54, 1.807) is 7.11 Å². The molecule has 0 radical (unpaired) electrons. The van der Waals surface area contributed by atoms with Gasteiger partial charge in [-0.3, -0.25) is 4.84 Å². The van der Waals surface area contributed by atoms with Crippen LogP contribution in [0, 0.1) is 0 Å². The van der Waals surface area contributed by atoms with Gasteiger partial charge in [0.25, 0.3) is 0 Å². The number of nitrogens with two attached hydrogens (primary N) is 1. The quantitative estimate of drug-likeness (QED) is 0.686. The highest BCUT2D eigenvalue weighted by Gasteiger charge is 1.93. The van der Waals surface area contributed by atoms with Crippen molar-refractivity contribution in [3.63, 3.8) is 0 Å². The van der Waals surface area contributed by atoms with Gasteiger partial charge in [-0.15, -0.1) is 0 Å². The highest BCUT2D eigenvalue weighted by molar-refractivity contribution is 5.21. The summed E-state index contributed by atoms with van der Waals surface area (Å²) >= 11 is 0. The van der Waals surface area contributed by atoms with E-state index in [2.05, 4.69) is 4.84 Å². The fourth-order valence-corrected chi connectivity index (χ4v) is 0.995. The summed E-state index contributed by atoms with van der Waals surface area (Å²) in [5.74, 6) is 4.93. The predicted octanol–water partition coefficient (Wildman–Crippen LogP) is 1.22. The Kier molecular flexibility index (Phi) is 3.73. The first-order valence-corrected chi connectivity index (χ1v) is 3.75. The molecule has 1 rings (SSSR count). The third kappa shape index (κ3) is 2.62. The van der Waals surface area contributed by atoms with Crippen LogP contribution < -0.4 is 5.90 Å². The molecule has 66 valence electrons. The molecule has 0 amide bonds. The monoisotopic (exact) mass is 167 g/mol. The summed E-state index contributed by atoms with van der Waals surface area (Å²) in [6.45, 7) is 1.09. The highest BCUT2D eigenvalue weighted by atomic mass is 16.6. The minimum absolute atomic E-state index is 0.452. The maximum Gasteiger partial charge on any atom is 0.0930 e. The number of hydrogen-bond donors (Lipinski definition) is 1. The van der Waals surface area contributed by atoms with Crippen molar-refractivity contribution >= 4 is 0 Å². The van der Waals surface area contributed by atoms with Crippen LogP contribution in [0.5, 0.6) is 0 Å². The van der Waals surface area contributed by atoms with Gasteiger partial charge in [0, 0.05) is 7.11 Å². The first kappa shape index (κ1) is 9.19. The molecule has 0 fully saturated rings. The lowest BCUT2D eigenvalue weighted by molar-refractivity contribution is 0.124. The molecule has 3 heteroatoms. The van der Waals surface area contributed by atoms with Crippen molar-refractivity contribution in [3.05, 3.63) is 35.4 Å². The number of hydrogen-bond acceptors (Lipinski definition) is 3. The van der Waals surface area contributed by atoms with E-state index in [1.165, 1.54) is 0 Å². The van der Waals surface area contributed by atoms with Crippen molar-refractivity contribution in [2.24, 2.45) is 5.90 Å². The molecule has 0 aliphatic rings. The number of ether oxygens (including phenoxy) is 1. The van der Waals surface area contributed by atoms with Crippen molar-refractivity contribution in [1.82, 2.24) is 0 Å². The van der Waals surface area contributed by atoms with Crippen molar-refractivity contribution in [3.8, 4) is 0 Å². The molecule has 0 aliphatic heterocycles. The summed E-state index contributed by atoms with van der Waals surface area (Å²) in [5, 5.41) is 0. The molecule has 0 saturated heterocycles.